The van der Waals surface area contributed by atoms with Crippen molar-refractivity contribution >= 4 is 17.6 Å². The molecule has 2 N–H and O–H groups in total. The van der Waals surface area contributed by atoms with Gasteiger partial charge in [-0.05, 0) is 17.7 Å². The van der Waals surface area contributed by atoms with Gasteiger partial charge >= 0.3 is 5.97 Å². The Kier molecular flexibility index (Phi) is 3.34. The van der Waals surface area contributed by atoms with Gasteiger partial charge in [-0.1, -0.05) is 28.9 Å². The average molecular weight is 253 g/mol. The Labute approximate surface area is 102 Å². The molecule has 1 atom stereocenters. The summed E-state index contributed by atoms with van der Waals surface area (Å²) in [5.41, 5.74) is 0.790. The molecule has 2 aromatic rings. The average Bonchev–Trinajstić information content (AvgIpc) is 2.80. The van der Waals surface area contributed by atoms with Crippen molar-refractivity contribution in [3.8, 4) is 0 Å². The first-order chi connectivity index (χ1) is 8.16. The van der Waals surface area contributed by atoms with Crippen molar-refractivity contribution < 1.29 is 9.90 Å². The molecule has 7 heteroatoms. The molecule has 0 radical (unpaired) electrons. The van der Waals surface area contributed by atoms with Crippen molar-refractivity contribution in [2.24, 2.45) is 0 Å². The summed E-state index contributed by atoms with van der Waals surface area (Å²) < 4.78 is 0. The Hall–Kier alpha value is -1.95. The largest absolute Gasteiger partial charge is 0.481 e. The number of aliphatic carboxylic acids is 1. The third-order valence-electron chi connectivity index (χ3n) is 2.32. The summed E-state index contributed by atoms with van der Waals surface area (Å²) in [6.07, 6.45) is -0.0961. The van der Waals surface area contributed by atoms with Crippen LogP contribution in [0.25, 0.3) is 0 Å². The second-order valence-corrected chi connectivity index (χ2v) is 3.91. The van der Waals surface area contributed by atoms with E-state index < -0.39 is 11.9 Å². The fourth-order valence-electron chi connectivity index (χ4n) is 1.55. The van der Waals surface area contributed by atoms with Gasteiger partial charge in [0, 0.05) is 5.02 Å². The number of benzene rings is 1. The summed E-state index contributed by atoms with van der Waals surface area (Å²) in [5, 5.41) is 22.9. The van der Waals surface area contributed by atoms with E-state index in [9.17, 15) is 4.79 Å². The molecule has 0 bridgehead atoms. The molecule has 0 aliphatic heterocycles. The van der Waals surface area contributed by atoms with Gasteiger partial charge in [0.2, 0.25) is 0 Å². The maximum Gasteiger partial charge on any atom is 0.304 e. The Bertz CT molecular complexity index is 498. The molecule has 0 aliphatic rings. The number of hydrogen-bond acceptors (Lipinski definition) is 4. The Morgan fingerprint density at radius 2 is 2.12 bits per heavy atom. The monoisotopic (exact) mass is 252 g/mol. The van der Waals surface area contributed by atoms with Crippen molar-refractivity contribution in [3.63, 3.8) is 0 Å². The molecule has 2 rings (SSSR count). The number of nitrogens with zero attached hydrogens (tertiary/aromatic N) is 3. The quantitative estimate of drug-likeness (QED) is 0.859. The SMILES string of the molecule is O=C(O)CC(c1ccc(Cl)cc1)c1nn[nH]n1. The minimum absolute atomic E-state index is 0.0961. The number of carboxylic acid groups (broad SMARTS) is 1. The number of aromatic nitrogens is 4. The van der Waals surface area contributed by atoms with Gasteiger partial charge < -0.3 is 5.11 Å². The van der Waals surface area contributed by atoms with E-state index in [4.69, 9.17) is 16.7 Å². The van der Waals surface area contributed by atoms with Crippen LogP contribution in [0.3, 0.4) is 0 Å². The highest BCUT2D eigenvalue weighted by atomic mass is 35.5. The lowest BCUT2D eigenvalue weighted by Crippen LogP contribution is -2.09. The fraction of sp³-hybridized carbons (Fsp3) is 0.200. The van der Waals surface area contributed by atoms with E-state index in [1.54, 1.807) is 24.3 Å². The molecule has 1 heterocycles. The molecule has 0 aliphatic carbocycles. The molecule has 0 amide bonds. The zero-order valence-electron chi connectivity index (χ0n) is 8.67. The van der Waals surface area contributed by atoms with Crippen LogP contribution in [0, 0.1) is 0 Å². The molecule has 17 heavy (non-hydrogen) atoms. The number of nitrogens with one attached hydrogen (secondary N) is 1. The number of aromatic amines is 1. The molecule has 1 aromatic carbocycles. The summed E-state index contributed by atoms with van der Waals surface area (Å²) in [5.74, 6) is -0.993. The van der Waals surface area contributed by atoms with Gasteiger partial charge in [0.1, 0.15) is 0 Å². The van der Waals surface area contributed by atoms with E-state index in [1.165, 1.54) is 0 Å². The highest BCUT2D eigenvalue weighted by molar-refractivity contribution is 6.30. The van der Waals surface area contributed by atoms with Crippen LogP contribution < -0.4 is 0 Å². The number of tetrazole rings is 1. The zero-order valence-corrected chi connectivity index (χ0v) is 9.42. The van der Waals surface area contributed by atoms with Crippen molar-refractivity contribution in [2.75, 3.05) is 0 Å². The summed E-state index contributed by atoms with van der Waals surface area (Å²) in [6, 6.07) is 6.91. The zero-order chi connectivity index (χ0) is 12.3. The van der Waals surface area contributed by atoms with Crippen LogP contribution in [0.1, 0.15) is 23.7 Å². The third kappa shape index (κ3) is 2.79. The van der Waals surface area contributed by atoms with E-state index in [1.807, 2.05) is 0 Å². The molecule has 1 unspecified atom stereocenters. The topological polar surface area (TPSA) is 91.8 Å². The predicted molar refractivity (Wildman–Crippen MR) is 59.7 cm³/mol. The minimum atomic E-state index is -0.922. The molecule has 88 valence electrons. The summed E-state index contributed by atoms with van der Waals surface area (Å²) in [7, 11) is 0. The smallest absolute Gasteiger partial charge is 0.304 e. The summed E-state index contributed by atoms with van der Waals surface area (Å²) in [6.45, 7) is 0. The van der Waals surface area contributed by atoms with Gasteiger partial charge in [0.25, 0.3) is 0 Å². The van der Waals surface area contributed by atoms with Gasteiger partial charge in [-0.15, -0.1) is 10.2 Å². The number of halogens is 1. The second-order valence-electron chi connectivity index (χ2n) is 3.47. The van der Waals surface area contributed by atoms with Crippen molar-refractivity contribution in [3.05, 3.63) is 40.7 Å². The number of carboxylic acids is 1. The number of carbonyl (C=O) groups is 1. The van der Waals surface area contributed by atoms with E-state index in [-0.39, 0.29) is 6.42 Å². The molecule has 0 fully saturated rings. The van der Waals surface area contributed by atoms with Crippen LogP contribution in [-0.4, -0.2) is 31.7 Å². The lowest BCUT2D eigenvalue weighted by atomic mass is 9.95. The second kappa shape index (κ2) is 4.92. The Balaban J connectivity index is 2.33. The first-order valence-corrected chi connectivity index (χ1v) is 5.25. The van der Waals surface area contributed by atoms with Crippen LogP contribution in [0.15, 0.2) is 24.3 Å². The van der Waals surface area contributed by atoms with Gasteiger partial charge in [0.05, 0.1) is 12.3 Å². The fourth-order valence-corrected chi connectivity index (χ4v) is 1.67. The lowest BCUT2D eigenvalue weighted by Gasteiger charge is -2.10. The molecule has 0 spiro atoms. The van der Waals surface area contributed by atoms with E-state index in [2.05, 4.69) is 20.6 Å². The molecule has 0 saturated carbocycles. The molecule has 0 saturated heterocycles. The van der Waals surface area contributed by atoms with Crippen LogP contribution in [0.4, 0.5) is 0 Å². The number of rotatable bonds is 4. The first-order valence-electron chi connectivity index (χ1n) is 4.87. The van der Waals surface area contributed by atoms with E-state index in [0.717, 1.165) is 5.56 Å². The Morgan fingerprint density at radius 3 is 2.65 bits per heavy atom. The molecule has 6 nitrogen and oxygen atoms in total. The van der Waals surface area contributed by atoms with E-state index in [0.29, 0.717) is 10.8 Å². The lowest BCUT2D eigenvalue weighted by molar-refractivity contribution is -0.137. The van der Waals surface area contributed by atoms with E-state index >= 15 is 0 Å². The number of hydrogen-bond donors (Lipinski definition) is 2. The molecular weight excluding hydrogens is 244 g/mol. The molecular formula is C10H9ClN4O2. The van der Waals surface area contributed by atoms with Crippen molar-refractivity contribution in [2.45, 2.75) is 12.3 Å². The highest BCUT2D eigenvalue weighted by Crippen LogP contribution is 2.25. The van der Waals surface area contributed by atoms with Crippen LogP contribution in [0.5, 0.6) is 0 Å². The van der Waals surface area contributed by atoms with Gasteiger partial charge in [-0.3, -0.25) is 4.79 Å². The number of H-pyrrole nitrogens is 1. The normalized spacial score (nSPS) is 12.3. The maximum atomic E-state index is 10.8. The predicted octanol–water partition coefficient (Wildman–Crippen LogP) is 1.46. The minimum Gasteiger partial charge on any atom is -0.481 e. The summed E-state index contributed by atoms with van der Waals surface area (Å²) >= 11 is 5.78. The maximum absolute atomic E-state index is 10.8. The highest BCUT2D eigenvalue weighted by Gasteiger charge is 2.21. The van der Waals surface area contributed by atoms with Crippen LogP contribution in [0.2, 0.25) is 5.02 Å². The van der Waals surface area contributed by atoms with Crippen LogP contribution >= 0.6 is 11.6 Å². The molecule has 1 aromatic heterocycles. The van der Waals surface area contributed by atoms with Crippen molar-refractivity contribution in [1.82, 2.24) is 20.6 Å². The van der Waals surface area contributed by atoms with Crippen molar-refractivity contribution in [1.29, 1.82) is 0 Å². The first kappa shape index (κ1) is 11.5. The van der Waals surface area contributed by atoms with Gasteiger partial charge in [0.15, 0.2) is 5.82 Å². The van der Waals surface area contributed by atoms with Crippen LogP contribution in [-0.2, 0) is 4.79 Å². The third-order valence-corrected chi connectivity index (χ3v) is 2.58. The standard InChI is InChI=1S/C10H9ClN4O2/c11-7-3-1-6(2-4-7)8(5-9(16)17)10-12-14-15-13-10/h1-4,8H,5H2,(H,16,17)(H,12,13,14,15). The van der Waals surface area contributed by atoms with Gasteiger partial charge in [-0.2, -0.15) is 5.21 Å². The summed E-state index contributed by atoms with van der Waals surface area (Å²) in [4.78, 5) is 10.8. The van der Waals surface area contributed by atoms with Gasteiger partial charge in [-0.25, -0.2) is 0 Å². The Morgan fingerprint density at radius 1 is 1.41 bits per heavy atom.